The molecular weight excluding hydrogens is 142 g/mol. The third-order valence-electron chi connectivity index (χ3n) is 1.39. The number of carbonyl (C=O) groups excluding carboxylic acids is 2. The van der Waals surface area contributed by atoms with Crippen molar-refractivity contribution in [3.63, 3.8) is 0 Å². The van der Waals surface area contributed by atoms with E-state index in [0.29, 0.717) is 13.0 Å². The maximum absolute atomic E-state index is 11.0. The minimum absolute atomic E-state index is 0.0729. The summed E-state index contributed by atoms with van der Waals surface area (Å²) in [5, 5.41) is 2.57. The molecule has 0 aliphatic rings. The largest absolute Gasteiger partial charge is 0.356 e. The average molecular weight is 157 g/mol. The van der Waals surface area contributed by atoms with E-state index in [1.165, 1.54) is 6.92 Å². The van der Waals surface area contributed by atoms with Crippen LogP contribution in [0.1, 0.15) is 27.2 Å². The highest BCUT2D eigenvalue weighted by atomic mass is 16.1. The zero-order valence-corrected chi connectivity index (χ0v) is 7.31. The summed E-state index contributed by atoms with van der Waals surface area (Å²) in [4.78, 5) is 21.3. The molecule has 0 saturated carbocycles. The normalized spacial score (nSPS) is 9.82. The van der Waals surface area contributed by atoms with Gasteiger partial charge in [-0.2, -0.15) is 0 Å². The van der Waals surface area contributed by atoms with Crippen molar-refractivity contribution in [3.05, 3.63) is 0 Å². The van der Waals surface area contributed by atoms with Gasteiger partial charge < -0.3 is 5.32 Å². The first-order valence-electron chi connectivity index (χ1n) is 3.81. The molecule has 3 heteroatoms. The van der Waals surface area contributed by atoms with Crippen molar-refractivity contribution < 1.29 is 9.59 Å². The molecule has 0 heterocycles. The summed E-state index contributed by atoms with van der Waals surface area (Å²) in [6, 6.07) is 0. The van der Waals surface area contributed by atoms with Gasteiger partial charge in [-0.15, -0.1) is 0 Å². The summed E-state index contributed by atoms with van der Waals surface area (Å²) < 4.78 is 0. The Kier molecular flexibility index (Phi) is 4.50. The van der Waals surface area contributed by atoms with Gasteiger partial charge in [-0.3, -0.25) is 9.59 Å². The maximum atomic E-state index is 11.0. The van der Waals surface area contributed by atoms with Crippen LogP contribution in [-0.2, 0) is 9.59 Å². The lowest BCUT2D eigenvalue weighted by atomic mass is 10.1. The molecule has 0 bridgehead atoms. The molecule has 0 atom stereocenters. The zero-order chi connectivity index (χ0) is 8.85. The van der Waals surface area contributed by atoms with E-state index in [4.69, 9.17) is 0 Å². The molecule has 0 aromatic rings. The Balaban J connectivity index is 3.39. The molecule has 0 aliphatic heterocycles. The molecule has 0 radical (unpaired) electrons. The van der Waals surface area contributed by atoms with Crippen LogP contribution in [0.3, 0.4) is 0 Å². The molecule has 3 nitrogen and oxygen atoms in total. The maximum Gasteiger partial charge on any atom is 0.216 e. The third-order valence-corrected chi connectivity index (χ3v) is 1.39. The fourth-order valence-electron chi connectivity index (χ4n) is 0.650. The standard InChI is InChI=1S/C8H15NO2/c1-6(2)8(11)4-5-9-7(3)10/h6H,4-5H2,1-3H3,(H,9,10). The van der Waals surface area contributed by atoms with Gasteiger partial charge in [-0.1, -0.05) is 13.8 Å². The summed E-state index contributed by atoms with van der Waals surface area (Å²) in [5.74, 6) is 0.184. The molecule has 0 aromatic carbocycles. The van der Waals surface area contributed by atoms with E-state index in [9.17, 15) is 9.59 Å². The molecule has 0 rings (SSSR count). The van der Waals surface area contributed by atoms with Crippen molar-refractivity contribution in [2.75, 3.05) is 6.54 Å². The Morgan fingerprint density at radius 2 is 1.91 bits per heavy atom. The van der Waals surface area contributed by atoms with Gasteiger partial charge in [0.05, 0.1) is 0 Å². The summed E-state index contributed by atoms with van der Waals surface area (Å²) in [7, 11) is 0. The molecule has 0 aromatic heterocycles. The average Bonchev–Trinajstić information content (AvgIpc) is 1.86. The van der Waals surface area contributed by atoms with Crippen LogP contribution in [0.5, 0.6) is 0 Å². The Labute approximate surface area is 67.2 Å². The van der Waals surface area contributed by atoms with Gasteiger partial charge in [-0.05, 0) is 0 Å². The Morgan fingerprint density at radius 1 is 1.36 bits per heavy atom. The van der Waals surface area contributed by atoms with Crippen LogP contribution in [0.15, 0.2) is 0 Å². The highest BCUT2D eigenvalue weighted by Crippen LogP contribution is 1.96. The van der Waals surface area contributed by atoms with E-state index in [2.05, 4.69) is 5.32 Å². The number of Topliss-reactive ketones (excluding diaryl/α,β-unsaturated/α-hetero) is 1. The quantitative estimate of drug-likeness (QED) is 0.654. The molecule has 0 spiro atoms. The highest BCUT2D eigenvalue weighted by molar-refractivity contribution is 5.81. The summed E-state index contributed by atoms with van der Waals surface area (Å²) >= 11 is 0. The van der Waals surface area contributed by atoms with E-state index in [-0.39, 0.29) is 17.6 Å². The van der Waals surface area contributed by atoms with E-state index < -0.39 is 0 Å². The second-order valence-electron chi connectivity index (χ2n) is 2.85. The Hall–Kier alpha value is -0.860. The molecule has 1 N–H and O–H groups in total. The van der Waals surface area contributed by atoms with Crippen LogP contribution in [-0.4, -0.2) is 18.2 Å². The zero-order valence-electron chi connectivity index (χ0n) is 7.31. The third kappa shape index (κ3) is 5.58. The van der Waals surface area contributed by atoms with Gasteiger partial charge in [-0.25, -0.2) is 0 Å². The molecule has 0 fully saturated rings. The monoisotopic (exact) mass is 157 g/mol. The first-order valence-corrected chi connectivity index (χ1v) is 3.81. The topological polar surface area (TPSA) is 46.2 Å². The number of hydrogen-bond donors (Lipinski definition) is 1. The summed E-state index contributed by atoms with van der Waals surface area (Å²) in [5.41, 5.74) is 0. The van der Waals surface area contributed by atoms with Crippen molar-refractivity contribution in [2.45, 2.75) is 27.2 Å². The van der Waals surface area contributed by atoms with E-state index in [0.717, 1.165) is 0 Å². The van der Waals surface area contributed by atoms with Crippen LogP contribution >= 0.6 is 0 Å². The van der Waals surface area contributed by atoms with Crippen molar-refractivity contribution in [1.82, 2.24) is 5.32 Å². The van der Waals surface area contributed by atoms with Gasteiger partial charge in [0.15, 0.2) is 0 Å². The second-order valence-corrected chi connectivity index (χ2v) is 2.85. The summed E-state index contributed by atoms with van der Waals surface area (Å²) in [6.45, 7) is 5.62. The van der Waals surface area contributed by atoms with Crippen LogP contribution in [0.4, 0.5) is 0 Å². The Bertz CT molecular complexity index is 152. The molecule has 1 amide bonds. The number of hydrogen-bond acceptors (Lipinski definition) is 2. The van der Waals surface area contributed by atoms with Gasteiger partial charge in [0.2, 0.25) is 5.91 Å². The predicted molar refractivity (Wildman–Crippen MR) is 43.1 cm³/mol. The molecule has 0 aliphatic carbocycles. The van der Waals surface area contributed by atoms with E-state index >= 15 is 0 Å². The van der Waals surface area contributed by atoms with Gasteiger partial charge in [0.1, 0.15) is 5.78 Å². The van der Waals surface area contributed by atoms with Crippen molar-refractivity contribution >= 4 is 11.7 Å². The van der Waals surface area contributed by atoms with Crippen LogP contribution < -0.4 is 5.32 Å². The fourth-order valence-corrected chi connectivity index (χ4v) is 0.650. The van der Waals surface area contributed by atoms with Crippen LogP contribution in [0.2, 0.25) is 0 Å². The van der Waals surface area contributed by atoms with Crippen molar-refractivity contribution in [1.29, 1.82) is 0 Å². The SMILES string of the molecule is CC(=O)NCCC(=O)C(C)C. The van der Waals surface area contributed by atoms with Gasteiger partial charge in [0.25, 0.3) is 0 Å². The number of amides is 1. The number of carbonyl (C=O) groups is 2. The lowest BCUT2D eigenvalue weighted by Crippen LogP contribution is -2.24. The van der Waals surface area contributed by atoms with Gasteiger partial charge in [0, 0.05) is 25.8 Å². The molecule has 0 unspecified atom stereocenters. The number of ketones is 1. The second kappa shape index (κ2) is 4.88. The molecular formula is C8H15NO2. The first kappa shape index (κ1) is 10.1. The fraction of sp³-hybridized carbons (Fsp3) is 0.750. The van der Waals surface area contributed by atoms with E-state index in [1.54, 1.807) is 0 Å². The lowest BCUT2D eigenvalue weighted by Gasteiger charge is -2.03. The van der Waals surface area contributed by atoms with Crippen molar-refractivity contribution in [3.8, 4) is 0 Å². The lowest BCUT2D eigenvalue weighted by molar-refractivity contribution is -0.122. The Morgan fingerprint density at radius 3 is 2.27 bits per heavy atom. The van der Waals surface area contributed by atoms with Gasteiger partial charge >= 0.3 is 0 Å². The van der Waals surface area contributed by atoms with E-state index in [1.807, 2.05) is 13.8 Å². The summed E-state index contributed by atoms with van der Waals surface area (Å²) in [6.07, 6.45) is 0.442. The first-order chi connectivity index (χ1) is 5.04. The number of rotatable bonds is 4. The minimum Gasteiger partial charge on any atom is -0.356 e. The smallest absolute Gasteiger partial charge is 0.216 e. The minimum atomic E-state index is -0.0819. The number of nitrogens with one attached hydrogen (secondary N) is 1. The van der Waals surface area contributed by atoms with Crippen LogP contribution in [0.25, 0.3) is 0 Å². The molecule has 64 valence electrons. The predicted octanol–water partition coefficient (Wildman–Crippen LogP) is 0.738. The highest BCUT2D eigenvalue weighted by Gasteiger charge is 2.05. The molecule has 0 saturated heterocycles. The van der Waals surface area contributed by atoms with Crippen LogP contribution in [0, 0.1) is 5.92 Å². The van der Waals surface area contributed by atoms with Crippen molar-refractivity contribution in [2.24, 2.45) is 5.92 Å². The molecule has 11 heavy (non-hydrogen) atoms.